The van der Waals surface area contributed by atoms with E-state index in [1.165, 1.54) is 4.31 Å². The van der Waals surface area contributed by atoms with E-state index in [0.29, 0.717) is 48.7 Å². The van der Waals surface area contributed by atoms with Gasteiger partial charge in [0, 0.05) is 36.9 Å². The summed E-state index contributed by atoms with van der Waals surface area (Å²) in [6.07, 6.45) is 2.50. The molecular weight excluding hydrogens is 440 g/mol. The molecule has 2 aromatic rings. The normalized spacial score (nSPS) is 15.0. The van der Waals surface area contributed by atoms with Gasteiger partial charge in [-0.1, -0.05) is 12.1 Å². The van der Waals surface area contributed by atoms with Gasteiger partial charge in [-0.3, -0.25) is 4.79 Å². The predicted molar refractivity (Wildman–Crippen MR) is 130 cm³/mol. The summed E-state index contributed by atoms with van der Waals surface area (Å²) in [5.74, 6) is -0.402. The van der Waals surface area contributed by atoms with Crippen LogP contribution in [0.3, 0.4) is 0 Å². The fraction of sp³-hybridized carbons (Fsp3) is 0.333. The SMILES string of the molecule is C=CCNC(=O)Nc1ccc(NC(=O)C2CCN(S(=O)(=O)c3ccc(C)c(C)c3)CC2)cc1. The summed E-state index contributed by atoms with van der Waals surface area (Å²) < 4.78 is 27.4. The molecule has 2 aromatic carbocycles. The molecule has 0 spiro atoms. The van der Waals surface area contributed by atoms with Crippen molar-refractivity contribution in [2.45, 2.75) is 31.6 Å². The molecule has 176 valence electrons. The summed E-state index contributed by atoms with van der Waals surface area (Å²) in [5, 5.41) is 8.18. The van der Waals surface area contributed by atoms with Crippen molar-refractivity contribution < 1.29 is 18.0 Å². The molecule has 3 amide bonds. The Kier molecular flexibility index (Phi) is 7.88. The number of carbonyl (C=O) groups is 2. The Balaban J connectivity index is 1.53. The number of nitrogens with one attached hydrogen (secondary N) is 3. The first-order chi connectivity index (χ1) is 15.7. The Hall–Kier alpha value is -3.17. The van der Waals surface area contributed by atoms with Crippen LogP contribution < -0.4 is 16.0 Å². The van der Waals surface area contributed by atoms with Gasteiger partial charge in [-0.05, 0) is 74.2 Å². The minimum Gasteiger partial charge on any atom is -0.334 e. The number of hydrogen-bond acceptors (Lipinski definition) is 4. The van der Waals surface area contributed by atoms with Crippen LogP contribution in [-0.4, -0.2) is 44.3 Å². The average molecular weight is 471 g/mol. The minimum absolute atomic E-state index is 0.136. The zero-order valence-electron chi connectivity index (χ0n) is 18.9. The zero-order valence-corrected chi connectivity index (χ0v) is 19.7. The molecule has 1 saturated heterocycles. The summed E-state index contributed by atoms with van der Waals surface area (Å²) in [7, 11) is -3.57. The molecular formula is C24H30N4O4S. The fourth-order valence-corrected chi connectivity index (χ4v) is 5.16. The van der Waals surface area contributed by atoms with Crippen LogP contribution >= 0.6 is 0 Å². The van der Waals surface area contributed by atoms with Crippen LogP contribution in [0.1, 0.15) is 24.0 Å². The van der Waals surface area contributed by atoms with Crippen LogP contribution in [-0.2, 0) is 14.8 Å². The third-order valence-electron chi connectivity index (χ3n) is 5.76. The van der Waals surface area contributed by atoms with E-state index in [-0.39, 0.29) is 17.9 Å². The van der Waals surface area contributed by atoms with Crippen molar-refractivity contribution in [1.82, 2.24) is 9.62 Å². The van der Waals surface area contributed by atoms with Gasteiger partial charge in [-0.25, -0.2) is 13.2 Å². The third kappa shape index (κ3) is 6.21. The molecule has 9 heteroatoms. The molecule has 0 bridgehead atoms. The van der Waals surface area contributed by atoms with Gasteiger partial charge in [0.15, 0.2) is 0 Å². The van der Waals surface area contributed by atoms with Crippen LogP contribution in [0.4, 0.5) is 16.2 Å². The lowest BCUT2D eigenvalue weighted by atomic mass is 9.97. The Morgan fingerprint density at radius 2 is 1.61 bits per heavy atom. The van der Waals surface area contributed by atoms with Crippen molar-refractivity contribution >= 4 is 33.3 Å². The average Bonchev–Trinajstić information content (AvgIpc) is 2.80. The minimum atomic E-state index is -3.57. The number of carbonyl (C=O) groups excluding carboxylic acids is 2. The van der Waals surface area contributed by atoms with E-state index in [4.69, 9.17) is 0 Å². The fourth-order valence-electron chi connectivity index (χ4n) is 3.60. The lowest BCUT2D eigenvalue weighted by molar-refractivity contribution is -0.120. The molecule has 33 heavy (non-hydrogen) atoms. The molecule has 0 radical (unpaired) electrons. The Morgan fingerprint density at radius 1 is 1.00 bits per heavy atom. The van der Waals surface area contributed by atoms with Gasteiger partial charge < -0.3 is 16.0 Å². The van der Waals surface area contributed by atoms with E-state index in [0.717, 1.165) is 11.1 Å². The molecule has 1 fully saturated rings. The third-order valence-corrected chi connectivity index (χ3v) is 7.65. The summed E-state index contributed by atoms with van der Waals surface area (Å²) in [4.78, 5) is 24.7. The highest BCUT2D eigenvalue weighted by atomic mass is 32.2. The first-order valence-corrected chi connectivity index (χ1v) is 12.3. The van der Waals surface area contributed by atoms with Gasteiger partial charge in [-0.2, -0.15) is 4.31 Å². The van der Waals surface area contributed by atoms with Crippen molar-refractivity contribution in [2.75, 3.05) is 30.3 Å². The second-order valence-electron chi connectivity index (χ2n) is 8.11. The van der Waals surface area contributed by atoms with Crippen molar-refractivity contribution in [3.05, 3.63) is 66.2 Å². The molecule has 3 N–H and O–H groups in total. The van der Waals surface area contributed by atoms with Crippen LogP contribution in [0.25, 0.3) is 0 Å². The summed E-state index contributed by atoms with van der Waals surface area (Å²) in [6, 6.07) is 11.6. The van der Waals surface area contributed by atoms with E-state index < -0.39 is 10.0 Å². The predicted octanol–water partition coefficient (Wildman–Crippen LogP) is 3.65. The highest BCUT2D eigenvalue weighted by Gasteiger charge is 2.32. The maximum absolute atomic E-state index is 13.0. The van der Waals surface area contributed by atoms with Gasteiger partial charge in [-0.15, -0.1) is 6.58 Å². The zero-order chi connectivity index (χ0) is 24.0. The number of sulfonamides is 1. The molecule has 8 nitrogen and oxygen atoms in total. The molecule has 1 aliphatic rings. The molecule has 3 rings (SSSR count). The topological polar surface area (TPSA) is 108 Å². The summed E-state index contributed by atoms with van der Waals surface area (Å²) in [6.45, 7) is 8.35. The lowest BCUT2D eigenvalue weighted by Gasteiger charge is -2.30. The largest absolute Gasteiger partial charge is 0.334 e. The van der Waals surface area contributed by atoms with Crippen LogP contribution in [0, 0.1) is 19.8 Å². The highest BCUT2D eigenvalue weighted by molar-refractivity contribution is 7.89. The number of hydrogen-bond donors (Lipinski definition) is 3. The van der Waals surface area contributed by atoms with E-state index in [9.17, 15) is 18.0 Å². The molecule has 1 heterocycles. The van der Waals surface area contributed by atoms with Crippen molar-refractivity contribution in [3.8, 4) is 0 Å². The Morgan fingerprint density at radius 3 is 2.18 bits per heavy atom. The standard InChI is InChI=1S/C24H30N4O4S/c1-4-13-25-24(30)27-21-8-6-20(7-9-21)26-23(29)19-11-14-28(15-12-19)33(31,32)22-10-5-17(2)18(3)16-22/h4-10,16,19H,1,11-15H2,2-3H3,(H,26,29)(H2,25,27,30). The number of benzene rings is 2. The van der Waals surface area contributed by atoms with Crippen molar-refractivity contribution in [3.63, 3.8) is 0 Å². The Bertz CT molecular complexity index is 1120. The Labute approximate surface area is 195 Å². The van der Waals surface area contributed by atoms with Crippen molar-refractivity contribution in [1.29, 1.82) is 0 Å². The van der Waals surface area contributed by atoms with Gasteiger partial charge >= 0.3 is 6.03 Å². The maximum Gasteiger partial charge on any atom is 0.319 e. The lowest BCUT2D eigenvalue weighted by Crippen LogP contribution is -2.41. The number of piperidine rings is 1. The van der Waals surface area contributed by atoms with E-state index in [2.05, 4.69) is 22.5 Å². The smallest absolute Gasteiger partial charge is 0.319 e. The molecule has 0 aliphatic carbocycles. The van der Waals surface area contributed by atoms with E-state index >= 15 is 0 Å². The van der Waals surface area contributed by atoms with Gasteiger partial charge in [0.1, 0.15) is 0 Å². The molecule has 0 unspecified atom stereocenters. The first-order valence-electron chi connectivity index (χ1n) is 10.8. The highest BCUT2D eigenvalue weighted by Crippen LogP contribution is 2.26. The van der Waals surface area contributed by atoms with Crippen LogP contribution in [0.2, 0.25) is 0 Å². The van der Waals surface area contributed by atoms with E-state index in [1.807, 2.05) is 19.9 Å². The van der Waals surface area contributed by atoms with Gasteiger partial charge in [0.2, 0.25) is 15.9 Å². The van der Waals surface area contributed by atoms with Crippen LogP contribution in [0.15, 0.2) is 60.0 Å². The number of rotatable bonds is 7. The molecule has 1 aliphatic heterocycles. The molecule has 0 aromatic heterocycles. The van der Waals surface area contributed by atoms with Crippen LogP contribution in [0.5, 0.6) is 0 Å². The van der Waals surface area contributed by atoms with Gasteiger partial charge in [0.25, 0.3) is 0 Å². The monoisotopic (exact) mass is 470 g/mol. The summed E-state index contributed by atoms with van der Waals surface area (Å²) >= 11 is 0. The number of amides is 3. The maximum atomic E-state index is 13.0. The first kappa shape index (κ1) is 24.5. The quantitative estimate of drug-likeness (QED) is 0.537. The molecule has 0 atom stereocenters. The number of nitrogens with zero attached hydrogens (tertiary/aromatic N) is 1. The number of aryl methyl sites for hydroxylation is 2. The number of anilines is 2. The summed E-state index contributed by atoms with van der Waals surface area (Å²) in [5.41, 5.74) is 3.19. The molecule has 0 saturated carbocycles. The van der Waals surface area contributed by atoms with Gasteiger partial charge in [0.05, 0.1) is 4.90 Å². The van der Waals surface area contributed by atoms with Crippen molar-refractivity contribution in [2.24, 2.45) is 5.92 Å². The number of urea groups is 1. The second-order valence-corrected chi connectivity index (χ2v) is 10.1. The van der Waals surface area contributed by atoms with E-state index in [1.54, 1.807) is 42.5 Å². The second kappa shape index (κ2) is 10.6.